The van der Waals surface area contributed by atoms with Gasteiger partial charge in [0.25, 0.3) is 0 Å². The molecule has 0 radical (unpaired) electrons. The van der Waals surface area contributed by atoms with Gasteiger partial charge < -0.3 is 9.84 Å². The maximum Gasteiger partial charge on any atom is 0.0693 e. The molecule has 0 bridgehead atoms. The van der Waals surface area contributed by atoms with Crippen LogP contribution < -0.4 is 0 Å². The summed E-state index contributed by atoms with van der Waals surface area (Å²) in [7, 11) is 1.55. The van der Waals surface area contributed by atoms with Crippen LogP contribution in [0.4, 0.5) is 0 Å². The number of rotatable bonds is 2. The van der Waals surface area contributed by atoms with Crippen molar-refractivity contribution in [2.75, 3.05) is 20.3 Å². The van der Waals surface area contributed by atoms with Crippen LogP contribution in [0.1, 0.15) is 27.7 Å². The summed E-state index contributed by atoms with van der Waals surface area (Å²) in [5, 5.41) is 7.94. The van der Waals surface area contributed by atoms with Gasteiger partial charge in [-0.15, -0.1) is 26.3 Å². The summed E-state index contributed by atoms with van der Waals surface area (Å²) in [6.07, 6.45) is 7.00. The van der Waals surface area contributed by atoms with E-state index in [1.165, 1.54) is 0 Å². The van der Waals surface area contributed by atoms with Gasteiger partial charge in [0.15, 0.2) is 0 Å². The van der Waals surface area contributed by atoms with Crippen molar-refractivity contribution in [3.63, 3.8) is 0 Å². The molecule has 0 aliphatic heterocycles. The molecule has 0 rings (SSSR count). The molecule has 0 unspecified atom stereocenters. The smallest absolute Gasteiger partial charge is 0.0693 e. The molecule has 0 fully saturated rings. The van der Waals surface area contributed by atoms with E-state index in [-0.39, 0.29) is 6.61 Å². The van der Waals surface area contributed by atoms with E-state index in [0.29, 0.717) is 6.61 Å². The van der Waals surface area contributed by atoms with Gasteiger partial charge in [0.05, 0.1) is 13.2 Å². The molecule has 2 nitrogen and oxygen atoms in total. The normalized spacial score (nSPS) is 5.53. The lowest BCUT2D eigenvalue weighted by molar-refractivity contribution is 0.135. The quantitative estimate of drug-likeness (QED) is 0.730. The van der Waals surface area contributed by atoms with Crippen LogP contribution in [0.2, 0.25) is 0 Å². The second-order valence-corrected chi connectivity index (χ2v) is 2.35. The zero-order valence-corrected chi connectivity index (χ0v) is 12.4. The summed E-state index contributed by atoms with van der Waals surface area (Å²) in [6.45, 7) is 21.6. The number of hydrogen-bond acceptors (Lipinski definition) is 2. The summed E-state index contributed by atoms with van der Waals surface area (Å²) in [4.78, 5) is 0. The minimum atomic E-state index is 0.122. The van der Waals surface area contributed by atoms with Gasteiger partial charge in [0.1, 0.15) is 0 Å². The van der Waals surface area contributed by atoms with E-state index in [4.69, 9.17) is 5.11 Å². The Bertz CT molecular complexity index is 92.1. The van der Waals surface area contributed by atoms with Crippen LogP contribution in [-0.4, -0.2) is 25.4 Å². The summed E-state index contributed by atoms with van der Waals surface area (Å²) >= 11 is 0. The highest BCUT2D eigenvalue weighted by atomic mass is 16.5. The van der Waals surface area contributed by atoms with Gasteiger partial charge in [-0.25, -0.2) is 0 Å². The van der Waals surface area contributed by atoms with Crippen LogP contribution in [0.25, 0.3) is 0 Å². The van der Waals surface area contributed by atoms with Gasteiger partial charge in [-0.1, -0.05) is 24.3 Å². The lowest BCUT2D eigenvalue weighted by atomic mass is 10.8. The third-order valence-corrected chi connectivity index (χ3v) is 0.295. The number of allylic oxidation sites excluding steroid dienone is 4. The molecule has 0 aliphatic carbocycles. The maximum atomic E-state index is 7.94. The van der Waals surface area contributed by atoms with Crippen molar-refractivity contribution in [1.29, 1.82) is 0 Å². The van der Waals surface area contributed by atoms with Crippen LogP contribution in [0.5, 0.6) is 0 Å². The fourth-order valence-corrected chi connectivity index (χ4v) is 0.0913. The Kier molecular flexibility index (Phi) is 145. The van der Waals surface area contributed by atoms with Crippen molar-refractivity contribution in [2.24, 2.45) is 0 Å². The zero-order chi connectivity index (χ0) is 14.9. The van der Waals surface area contributed by atoms with Crippen LogP contribution >= 0.6 is 0 Å². The molecular weight excluding hydrogens is 212 g/mol. The predicted octanol–water partition coefficient (Wildman–Crippen LogP) is 4.39. The van der Waals surface area contributed by atoms with E-state index < -0.39 is 0 Å². The minimum absolute atomic E-state index is 0.122. The maximum absolute atomic E-state index is 7.94. The first-order chi connectivity index (χ1) is 8.07. The van der Waals surface area contributed by atoms with E-state index >= 15 is 0 Å². The van der Waals surface area contributed by atoms with Gasteiger partial charge in [-0.3, -0.25) is 0 Å². The Labute approximate surface area is 109 Å². The topological polar surface area (TPSA) is 29.5 Å². The molecule has 0 aromatic heterocycles. The third-order valence-electron chi connectivity index (χ3n) is 0.295. The predicted molar refractivity (Wildman–Crippen MR) is 82.4 cm³/mol. The van der Waals surface area contributed by atoms with Crippen molar-refractivity contribution in [3.8, 4) is 0 Å². The molecule has 0 saturated carbocycles. The zero-order valence-electron chi connectivity index (χ0n) is 12.4. The molecule has 104 valence electrons. The molecule has 1 N–H and O–H groups in total. The monoisotopic (exact) mass is 244 g/mol. The van der Waals surface area contributed by atoms with E-state index in [9.17, 15) is 0 Å². The lowest BCUT2D eigenvalue weighted by Gasteiger charge is -1.84. The Morgan fingerprint density at radius 2 is 1.00 bits per heavy atom. The second-order valence-electron chi connectivity index (χ2n) is 2.35. The Hall–Kier alpha value is -1.12. The van der Waals surface area contributed by atoms with Crippen molar-refractivity contribution in [2.45, 2.75) is 27.7 Å². The van der Waals surface area contributed by atoms with Gasteiger partial charge in [0, 0.05) is 7.11 Å². The highest BCUT2D eigenvalue weighted by molar-refractivity contribution is 4.52. The average molecular weight is 244 g/mol. The van der Waals surface area contributed by atoms with Gasteiger partial charge >= 0.3 is 0 Å². The molecule has 0 amide bonds. The van der Waals surface area contributed by atoms with Crippen molar-refractivity contribution >= 4 is 0 Å². The number of hydrogen-bond donors (Lipinski definition) is 1. The fourth-order valence-electron chi connectivity index (χ4n) is 0.0913. The molecule has 0 spiro atoms. The molecule has 0 heterocycles. The minimum Gasteiger partial charge on any atom is -0.394 e. The molecule has 0 aliphatic rings. The first-order valence-corrected chi connectivity index (χ1v) is 5.46. The third kappa shape index (κ3) is 3190. The highest BCUT2D eigenvalue weighted by Gasteiger charge is 1.67. The van der Waals surface area contributed by atoms with E-state index in [1.807, 2.05) is 27.7 Å². The summed E-state index contributed by atoms with van der Waals surface area (Å²) in [5.41, 5.74) is 0. The van der Waals surface area contributed by atoms with Gasteiger partial charge in [-0.2, -0.15) is 0 Å². The molecule has 17 heavy (non-hydrogen) atoms. The first kappa shape index (κ1) is 29.7. The van der Waals surface area contributed by atoms with Crippen LogP contribution in [-0.2, 0) is 4.74 Å². The molecule has 0 saturated heterocycles. The summed E-state index contributed by atoms with van der Waals surface area (Å²) in [5.74, 6) is 0. The van der Waals surface area contributed by atoms with E-state index in [1.54, 1.807) is 31.4 Å². The Balaban J connectivity index is -0.0000000362. The Morgan fingerprint density at radius 1 is 0.824 bits per heavy atom. The SMILES string of the molecule is C=CC.C=CC.C=CC.C=CC.COCCO. The Morgan fingerprint density at radius 3 is 1.00 bits per heavy atom. The number of ether oxygens (including phenoxy) is 1. The van der Waals surface area contributed by atoms with Crippen LogP contribution in [0, 0.1) is 0 Å². The van der Waals surface area contributed by atoms with Crippen LogP contribution in [0.15, 0.2) is 50.6 Å². The summed E-state index contributed by atoms with van der Waals surface area (Å²) in [6, 6.07) is 0. The number of aliphatic hydroxyl groups is 1. The van der Waals surface area contributed by atoms with Crippen molar-refractivity contribution < 1.29 is 9.84 Å². The molecular formula is C15H32O2. The van der Waals surface area contributed by atoms with Crippen LogP contribution in [0.3, 0.4) is 0 Å². The molecule has 0 aromatic carbocycles. The van der Waals surface area contributed by atoms with Crippen molar-refractivity contribution in [3.05, 3.63) is 50.6 Å². The molecule has 2 heteroatoms. The van der Waals surface area contributed by atoms with Gasteiger partial charge in [0.2, 0.25) is 0 Å². The largest absolute Gasteiger partial charge is 0.394 e. The standard InChI is InChI=1S/C3H8O2.4C3H6/c1-5-3-2-4;4*1-3-2/h4H,2-3H2,1H3;4*3H,1H2,2H3. The van der Waals surface area contributed by atoms with Crippen molar-refractivity contribution in [1.82, 2.24) is 0 Å². The van der Waals surface area contributed by atoms with E-state index in [0.717, 1.165) is 0 Å². The number of methoxy groups -OCH3 is 1. The van der Waals surface area contributed by atoms with E-state index in [2.05, 4.69) is 31.1 Å². The molecule has 0 aromatic rings. The summed E-state index contributed by atoms with van der Waals surface area (Å²) < 4.78 is 4.44. The first-order valence-electron chi connectivity index (χ1n) is 5.46. The highest BCUT2D eigenvalue weighted by Crippen LogP contribution is 1.56. The number of aliphatic hydroxyl groups excluding tert-OH is 1. The average Bonchev–Trinajstić information content (AvgIpc) is 2.23. The second kappa shape index (κ2) is 82.9. The fraction of sp³-hybridized carbons (Fsp3) is 0.467. The lowest BCUT2D eigenvalue weighted by Crippen LogP contribution is -1.91. The van der Waals surface area contributed by atoms with Gasteiger partial charge in [-0.05, 0) is 27.7 Å². The molecule has 0 atom stereocenters.